The molecule has 0 amide bonds. The van der Waals surface area contributed by atoms with Crippen molar-refractivity contribution in [2.45, 2.75) is 0 Å². The van der Waals surface area contributed by atoms with Crippen LogP contribution in [0.5, 0.6) is 0 Å². The van der Waals surface area contributed by atoms with Crippen molar-refractivity contribution in [2.24, 2.45) is 0 Å². The van der Waals surface area contributed by atoms with Gasteiger partial charge in [-0.1, -0.05) is 18.2 Å². The molecule has 0 aromatic carbocycles. The van der Waals surface area contributed by atoms with Gasteiger partial charge in [-0.2, -0.15) is 0 Å². The fraction of sp³-hybridized carbons (Fsp3) is 0. The maximum atomic E-state index is 4.76. The fourth-order valence-electron chi connectivity index (χ4n) is 0. The van der Waals surface area contributed by atoms with Gasteiger partial charge in [-0.15, -0.1) is 12.4 Å². The Labute approximate surface area is 43.0 Å². The van der Waals surface area contributed by atoms with E-state index in [1.54, 1.807) is 0 Å². The molecule has 3 N–H and O–H groups in total. The van der Waals surface area contributed by atoms with E-state index in [-0.39, 0.29) is 18.6 Å². The summed E-state index contributed by atoms with van der Waals surface area (Å²) in [5.74, 6) is 0. The molecule has 0 fully saturated rings. The van der Waals surface area contributed by atoms with Crippen LogP contribution in [-0.4, -0.2) is 0 Å². The number of rotatable bonds is 0. The predicted octanol–water partition coefficient (Wildman–Crippen LogP) is 1.95. The molecule has 0 aliphatic carbocycles. The summed E-state index contributed by atoms with van der Waals surface area (Å²) >= 11 is 4.76. The maximum absolute atomic E-state index is 4.76. The molecular weight excluding hydrogens is 109 g/mol. The van der Waals surface area contributed by atoms with Crippen molar-refractivity contribution >= 4 is 24.0 Å². The lowest BCUT2D eigenvalue weighted by molar-refractivity contribution is 2.13. The minimum absolute atomic E-state index is 0. The van der Waals surface area contributed by atoms with Crippen LogP contribution >= 0.6 is 24.0 Å². The van der Waals surface area contributed by atoms with Crippen molar-refractivity contribution in [1.29, 1.82) is 0 Å². The summed E-state index contributed by atoms with van der Waals surface area (Å²) in [5.41, 5.74) is 1.22. The molecule has 0 saturated carbocycles. The first-order valence-corrected chi connectivity index (χ1v) is 1.06. The van der Waals surface area contributed by atoms with Gasteiger partial charge in [-0.05, 0) is 5.54 Å². The Hall–Kier alpha value is 0.280. The second-order valence-electron chi connectivity index (χ2n) is 0.154. The van der Waals surface area contributed by atoms with Crippen LogP contribution in [0.1, 0.15) is 0 Å². The van der Waals surface area contributed by atoms with Gasteiger partial charge in [0.15, 0.2) is 0 Å². The van der Waals surface area contributed by atoms with E-state index in [0.29, 0.717) is 0 Å². The Morgan fingerprint density at radius 1 is 1.60 bits per heavy atom. The molecule has 34 valence electrons. The van der Waals surface area contributed by atoms with Gasteiger partial charge in [-0.3, -0.25) is 0 Å². The Kier molecular flexibility index (Phi) is 105. The summed E-state index contributed by atoms with van der Waals surface area (Å²) in [6.07, 6.45) is 0. The number of halogens is 2. The lowest BCUT2D eigenvalue weighted by Crippen LogP contribution is -0.926. The zero-order valence-corrected chi connectivity index (χ0v) is 4.35. The van der Waals surface area contributed by atoms with Crippen LogP contribution in [0.2, 0.25) is 0 Å². The van der Waals surface area contributed by atoms with Gasteiger partial charge >= 0.3 is 0 Å². The van der Waals surface area contributed by atoms with Crippen molar-refractivity contribution in [2.75, 3.05) is 0 Å². The van der Waals surface area contributed by atoms with E-state index in [1.807, 2.05) is 0 Å². The highest BCUT2D eigenvalue weighted by atomic mass is 35.5. The van der Waals surface area contributed by atoms with Crippen molar-refractivity contribution in [3.63, 3.8) is 0 Å². The monoisotopic (exact) mass is 115 g/mol. The topological polar surface area (TPSA) is 35.0 Å². The van der Waals surface area contributed by atoms with Crippen LogP contribution in [0.25, 0.3) is 0 Å². The predicted molar refractivity (Wildman–Crippen MR) is 28.3 cm³/mol. The number of hydrogen-bond donors (Lipinski definition) is 1. The molecule has 0 aromatic rings. The molecule has 0 saturated heterocycles. The molecule has 3 heteroatoms. The van der Waals surface area contributed by atoms with Gasteiger partial charge in [0.2, 0.25) is 0 Å². The average Bonchev–Trinajstić information content (AvgIpc) is 0.918. The normalized spacial score (nSPS) is 2.60. The zero-order valence-electron chi connectivity index (χ0n) is 2.78. The highest BCUT2D eigenvalue weighted by Gasteiger charge is 1.18. The van der Waals surface area contributed by atoms with Crippen LogP contribution in [0.15, 0.2) is 12.1 Å². The van der Waals surface area contributed by atoms with Crippen molar-refractivity contribution in [3.05, 3.63) is 12.1 Å². The molecule has 1 nitrogen and oxygen atoms in total. The summed E-state index contributed by atoms with van der Waals surface area (Å²) in [6.45, 7) is 3.13. The van der Waals surface area contributed by atoms with E-state index in [4.69, 9.17) is 11.6 Å². The molecule has 0 heterocycles. The molecule has 0 atom stereocenters. The highest BCUT2D eigenvalue weighted by molar-refractivity contribution is 6.25. The first kappa shape index (κ1) is 18.6. The summed E-state index contributed by atoms with van der Waals surface area (Å²) in [6, 6.07) is 0. The van der Waals surface area contributed by atoms with E-state index in [0.717, 1.165) is 0 Å². The van der Waals surface area contributed by atoms with Crippen LogP contribution in [0, 0.1) is 0 Å². The summed E-state index contributed by atoms with van der Waals surface area (Å²) in [7, 11) is 0. The third-order valence-corrected chi connectivity index (χ3v) is 0. The fourth-order valence-corrected chi connectivity index (χ4v) is 0. The van der Waals surface area contributed by atoms with Crippen molar-refractivity contribution in [1.82, 2.24) is 6.15 Å². The van der Waals surface area contributed by atoms with E-state index in [2.05, 4.69) is 6.58 Å². The van der Waals surface area contributed by atoms with E-state index < -0.39 is 0 Å². The summed E-state index contributed by atoms with van der Waals surface area (Å²) in [5, 5.41) is 0. The lowest BCUT2D eigenvalue weighted by Gasteiger charge is -1.27. The molecule has 0 bridgehead atoms. The number of hydrogen-bond acceptors (Lipinski definition) is 1. The highest BCUT2D eigenvalue weighted by Crippen LogP contribution is 1.60. The van der Waals surface area contributed by atoms with Crippen LogP contribution in [0.3, 0.4) is 0 Å². The molecule has 0 rings (SSSR count). The average molecular weight is 116 g/mol. The summed E-state index contributed by atoms with van der Waals surface area (Å²) < 4.78 is 0. The first-order chi connectivity index (χ1) is 1.41. The van der Waals surface area contributed by atoms with Crippen LogP contribution < -0.4 is 6.15 Å². The Morgan fingerprint density at radius 3 is 1.60 bits per heavy atom. The molecule has 0 aliphatic heterocycles. The second kappa shape index (κ2) is 28.1. The van der Waals surface area contributed by atoms with E-state index in [9.17, 15) is 0 Å². The van der Waals surface area contributed by atoms with Gasteiger partial charge in [0.25, 0.3) is 0 Å². The molecule has 0 unspecified atom stereocenters. The largest absolute Gasteiger partial charge is 0.344 e. The van der Waals surface area contributed by atoms with Crippen LogP contribution in [0.4, 0.5) is 0 Å². The molecule has 0 aromatic heterocycles. The van der Waals surface area contributed by atoms with E-state index >= 15 is 0 Å². The van der Waals surface area contributed by atoms with Gasteiger partial charge in [-0.25, -0.2) is 0 Å². The Morgan fingerprint density at radius 2 is 1.60 bits per heavy atom. The molecule has 5 heavy (non-hydrogen) atoms. The minimum atomic E-state index is 0. The van der Waals surface area contributed by atoms with Gasteiger partial charge < -0.3 is 6.15 Å². The Bertz CT molecular complexity index is 15.1. The lowest BCUT2D eigenvalue weighted by atomic mass is 11.3. The molecule has 0 aliphatic rings. The van der Waals surface area contributed by atoms with Crippen molar-refractivity contribution in [3.8, 4) is 0 Å². The standard InChI is InChI=1S/C2H3Cl.ClH.H3N/c1-2-3;;/h2H,1H2;1H;1H3. The smallest absolute Gasteiger partial charge is 0.00296 e. The van der Waals surface area contributed by atoms with E-state index in [1.165, 1.54) is 5.54 Å². The first-order valence-electron chi connectivity index (χ1n) is 0.626. The molecule has 0 radical (unpaired) electrons. The second-order valence-corrected chi connectivity index (χ2v) is 0.463. The SMILES string of the molecule is C=CCl.Cl.N. The summed E-state index contributed by atoms with van der Waals surface area (Å²) in [4.78, 5) is 0. The minimum Gasteiger partial charge on any atom is -0.344 e. The molecule has 0 spiro atoms. The third-order valence-electron chi connectivity index (χ3n) is 0. The zero-order chi connectivity index (χ0) is 2.71. The van der Waals surface area contributed by atoms with Gasteiger partial charge in [0.1, 0.15) is 0 Å². The van der Waals surface area contributed by atoms with Crippen molar-refractivity contribution < 1.29 is 0 Å². The van der Waals surface area contributed by atoms with Gasteiger partial charge in [0.05, 0.1) is 0 Å². The Balaban J connectivity index is -0.0000000200. The third kappa shape index (κ3) is 284. The quantitative estimate of drug-likeness (QED) is 0.515. The maximum Gasteiger partial charge on any atom is -0.00296 e. The van der Waals surface area contributed by atoms with Crippen LogP contribution in [-0.2, 0) is 0 Å². The van der Waals surface area contributed by atoms with Gasteiger partial charge in [0, 0.05) is 0 Å². The molecular formula is C2H7Cl2N.